The Morgan fingerprint density at radius 3 is 2.45 bits per heavy atom. The van der Waals surface area contributed by atoms with E-state index in [0.717, 1.165) is 17.2 Å². The second-order valence-electron chi connectivity index (χ2n) is 9.90. The van der Waals surface area contributed by atoms with E-state index in [1.807, 2.05) is 0 Å². The summed E-state index contributed by atoms with van der Waals surface area (Å²) in [7, 11) is 1.50. The third kappa shape index (κ3) is 8.11. The number of likely N-dealkylation sites (tertiary alicyclic amines) is 1. The van der Waals surface area contributed by atoms with E-state index in [9.17, 15) is 27.2 Å². The molecule has 0 aromatic carbocycles. The maximum absolute atomic E-state index is 14.2. The van der Waals surface area contributed by atoms with Gasteiger partial charge in [-0.25, -0.2) is 14.2 Å². The molecular formula is C26H31F4N3O5. The van der Waals surface area contributed by atoms with E-state index in [-0.39, 0.29) is 50.7 Å². The first kappa shape index (κ1) is 29.3. The molecule has 1 amide bonds. The number of nitrogens with zero attached hydrogens (tertiary/aromatic N) is 3. The highest BCUT2D eigenvalue weighted by Gasteiger charge is 2.41. The van der Waals surface area contributed by atoms with Gasteiger partial charge in [0.05, 0.1) is 19.2 Å². The van der Waals surface area contributed by atoms with Gasteiger partial charge in [0.15, 0.2) is 5.78 Å². The Labute approximate surface area is 218 Å². The molecule has 3 heterocycles. The number of Topliss-reactive ketones (excluding diaryl/α,β-unsaturated/α-hetero) is 1. The molecule has 1 aliphatic heterocycles. The van der Waals surface area contributed by atoms with Gasteiger partial charge < -0.3 is 14.2 Å². The molecule has 12 heteroatoms. The van der Waals surface area contributed by atoms with Crippen LogP contribution in [0.4, 0.5) is 22.4 Å². The van der Waals surface area contributed by atoms with Crippen molar-refractivity contribution in [2.45, 2.75) is 64.0 Å². The summed E-state index contributed by atoms with van der Waals surface area (Å²) in [6.45, 7) is 5.29. The van der Waals surface area contributed by atoms with Crippen LogP contribution in [0.5, 0.6) is 5.88 Å². The molecule has 0 bridgehead atoms. The van der Waals surface area contributed by atoms with E-state index in [4.69, 9.17) is 14.2 Å². The summed E-state index contributed by atoms with van der Waals surface area (Å²) < 4.78 is 68.8. The average Bonchev–Trinajstić information content (AvgIpc) is 3.23. The van der Waals surface area contributed by atoms with Crippen molar-refractivity contribution in [3.8, 4) is 17.0 Å². The van der Waals surface area contributed by atoms with Gasteiger partial charge in [-0.05, 0) is 44.9 Å². The number of amides is 1. The van der Waals surface area contributed by atoms with Crippen molar-refractivity contribution in [2.24, 2.45) is 0 Å². The lowest BCUT2D eigenvalue weighted by atomic mass is 10.0. The molecule has 208 valence electrons. The number of aryl methyl sites for hydroxylation is 1. The molecule has 3 rings (SSSR count). The Morgan fingerprint density at radius 1 is 1.11 bits per heavy atom. The predicted octanol–water partition coefficient (Wildman–Crippen LogP) is 5.04. The number of ether oxygens (including phenoxy) is 3. The fourth-order valence-electron chi connectivity index (χ4n) is 3.92. The van der Waals surface area contributed by atoms with E-state index in [2.05, 4.69) is 9.97 Å². The number of hydrogen-bond donors (Lipinski definition) is 0. The van der Waals surface area contributed by atoms with E-state index in [1.54, 1.807) is 32.9 Å². The first-order valence-corrected chi connectivity index (χ1v) is 12.1. The number of alkyl halides is 4. The zero-order chi connectivity index (χ0) is 28.1. The van der Waals surface area contributed by atoms with Gasteiger partial charge >= 0.3 is 12.3 Å². The second kappa shape index (κ2) is 12.1. The van der Waals surface area contributed by atoms with E-state index < -0.39 is 35.8 Å². The minimum Gasteiger partial charge on any atom is -0.475 e. The Kier molecular flexibility index (Phi) is 9.29. The Balaban J connectivity index is 1.78. The number of pyridine rings is 2. The number of halogens is 4. The zero-order valence-electron chi connectivity index (χ0n) is 21.7. The standard InChI is InChI=1S/C26H31F4N3O5/c1-25(2,3)38-24(35)33-15-18(27)13-20(33)21(34)7-6-19-11-17(12-23(32-19)37-10-9-36-4)16-5-8-22(31-14-16)26(28,29)30/h5,8,11-12,14,18,20H,6-7,9-10,13,15H2,1-4H3/t18-,20+/m1/s1. The summed E-state index contributed by atoms with van der Waals surface area (Å²) >= 11 is 0. The van der Waals surface area contributed by atoms with Gasteiger partial charge in [-0.3, -0.25) is 14.7 Å². The van der Waals surface area contributed by atoms with Crippen molar-refractivity contribution in [1.82, 2.24) is 14.9 Å². The normalized spacial score (nSPS) is 17.9. The van der Waals surface area contributed by atoms with Gasteiger partial charge in [0.25, 0.3) is 0 Å². The lowest BCUT2D eigenvalue weighted by Gasteiger charge is -2.27. The molecule has 0 radical (unpaired) electrons. The average molecular weight is 542 g/mol. The first-order chi connectivity index (χ1) is 17.8. The highest BCUT2D eigenvalue weighted by Crippen LogP contribution is 2.30. The van der Waals surface area contributed by atoms with Gasteiger partial charge in [-0.1, -0.05) is 6.07 Å². The molecule has 8 nitrogen and oxygen atoms in total. The summed E-state index contributed by atoms with van der Waals surface area (Å²) in [4.78, 5) is 34.6. The molecule has 2 atom stereocenters. The SMILES string of the molecule is COCCOc1cc(-c2ccc(C(F)(F)F)nc2)cc(CCC(=O)[C@@H]2C[C@@H](F)CN2C(=O)OC(C)(C)C)n1. The van der Waals surface area contributed by atoms with Gasteiger partial charge in [-0.15, -0.1) is 0 Å². The Hall–Kier alpha value is -3.28. The van der Waals surface area contributed by atoms with E-state index in [1.165, 1.54) is 13.2 Å². The maximum Gasteiger partial charge on any atom is 0.433 e. The van der Waals surface area contributed by atoms with Crippen LogP contribution in [0.25, 0.3) is 11.1 Å². The second-order valence-corrected chi connectivity index (χ2v) is 9.90. The molecule has 0 saturated carbocycles. The van der Waals surface area contributed by atoms with Gasteiger partial charge in [0.1, 0.15) is 24.1 Å². The molecule has 1 aliphatic rings. The van der Waals surface area contributed by atoms with Crippen LogP contribution >= 0.6 is 0 Å². The fourth-order valence-corrected chi connectivity index (χ4v) is 3.92. The number of methoxy groups -OCH3 is 1. The first-order valence-electron chi connectivity index (χ1n) is 12.1. The summed E-state index contributed by atoms with van der Waals surface area (Å²) in [6.07, 6.45) is -5.58. The number of carbonyl (C=O) groups is 2. The number of aromatic nitrogens is 2. The van der Waals surface area contributed by atoms with Crippen LogP contribution in [0.15, 0.2) is 30.5 Å². The smallest absolute Gasteiger partial charge is 0.433 e. The van der Waals surface area contributed by atoms with E-state index in [0.29, 0.717) is 16.8 Å². The molecule has 1 saturated heterocycles. The third-order valence-corrected chi connectivity index (χ3v) is 5.66. The van der Waals surface area contributed by atoms with E-state index >= 15 is 0 Å². The van der Waals surface area contributed by atoms with Gasteiger partial charge in [0.2, 0.25) is 5.88 Å². The summed E-state index contributed by atoms with van der Waals surface area (Å²) in [5, 5.41) is 0. The molecule has 0 spiro atoms. The fraction of sp³-hybridized carbons (Fsp3) is 0.538. The molecule has 0 aliphatic carbocycles. The number of rotatable bonds is 9. The van der Waals surface area contributed by atoms with Crippen LogP contribution in [-0.2, 0) is 26.9 Å². The number of hydrogen-bond acceptors (Lipinski definition) is 7. The molecular weight excluding hydrogens is 510 g/mol. The Bertz CT molecular complexity index is 1120. The van der Waals surface area contributed by atoms with Crippen molar-refractivity contribution in [3.63, 3.8) is 0 Å². The van der Waals surface area contributed by atoms with Crippen molar-refractivity contribution in [1.29, 1.82) is 0 Å². The minimum absolute atomic E-state index is 0.0457. The van der Waals surface area contributed by atoms with Crippen LogP contribution in [0.3, 0.4) is 0 Å². The van der Waals surface area contributed by atoms with Crippen LogP contribution in [0.1, 0.15) is 45.0 Å². The quantitative estimate of drug-likeness (QED) is 0.325. The summed E-state index contributed by atoms with van der Waals surface area (Å²) in [5.74, 6) is -0.150. The Morgan fingerprint density at radius 2 is 1.84 bits per heavy atom. The van der Waals surface area contributed by atoms with Crippen molar-refractivity contribution in [2.75, 3.05) is 26.9 Å². The van der Waals surface area contributed by atoms with Gasteiger partial charge in [-0.2, -0.15) is 13.2 Å². The molecule has 2 aromatic heterocycles. The molecule has 1 fully saturated rings. The lowest BCUT2D eigenvalue weighted by molar-refractivity contribution is -0.141. The highest BCUT2D eigenvalue weighted by molar-refractivity contribution is 5.88. The van der Waals surface area contributed by atoms with Crippen molar-refractivity contribution in [3.05, 3.63) is 41.9 Å². The largest absolute Gasteiger partial charge is 0.475 e. The molecule has 38 heavy (non-hydrogen) atoms. The predicted molar refractivity (Wildman–Crippen MR) is 129 cm³/mol. The van der Waals surface area contributed by atoms with Crippen molar-refractivity contribution < 1.29 is 41.4 Å². The van der Waals surface area contributed by atoms with Crippen LogP contribution in [0.2, 0.25) is 0 Å². The van der Waals surface area contributed by atoms with Gasteiger partial charge in [0, 0.05) is 43.5 Å². The van der Waals surface area contributed by atoms with Crippen LogP contribution in [-0.4, -0.2) is 71.4 Å². The number of ketones is 1. The third-order valence-electron chi connectivity index (χ3n) is 5.66. The highest BCUT2D eigenvalue weighted by atomic mass is 19.4. The lowest BCUT2D eigenvalue weighted by Crippen LogP contribution is -2.43. The van der Waals surface area contributed by atoms with Crippen molar-refractivity contribution >= 4 is 11.9 Å². The molecule has 0 N–H and O–H groups in total. The summed E-state index contributed by atoms with van der Waals surface area (Å²) in [6, 6.07) is 4.39. The minimum atomic E-state index is -4.57. The monoisotopic (exact) mass is 541 g/mol. The molecule has 2 aromatic rings. The summed E-state index contributed by atoms with van der Waals surface area (Å²) in [5.41, 5.74) is -0.486. The topological polar surface area (TPSA) is 90.9 Å². The number of carbonyl (C=O) groups excluding carboxylic acids is 2. The van der Waals surface area contributed by atoms with Crippen LogP contribution < -0.4 is 4.74 Å². The maximum atomic E-state index is 14.2. The zero-order valence-corrected chi connectivity index (χ0v) is 21.7. The van der Waals surface area contributed by atoms with Crippen LogP contribution in [0, 0.1) is 0 Å². The molecule has 0 unspecified atom stereocenters.